The molecule has 0 N–H and O–H groups in total. The summed E-state index contributed by atoms with van der Waals surface area (Å²) < 4.78 is 0. The van der Waals surface area contributed by atoms with Crippen LogP contribution in [0.1, 0.15) is 58.9 Å². The van der Waals surface area contributed by atoms with Crippen LogP contribution in [0.25, 0.3) is 0 Å². The van der Waals surface area contributed by atoms with E-state index in [4.69, 9.17) is 0 Å². The molecule has 1 saturated carbocycles. The second-order valence-corrected chi connectivity index (χ2v) is 13.4. The van der Waals surface area contributed by atoms with Crippen molar-refractivity contribution in [1.82, 2.24) is 0 Å². The van der Waals surface area contributed by atoms with Gasteiger partial charge in [0.2, 0.25) is 0 Å². The molecule has 2 aromatic rings. The lowest BCUT2D eigenvalue weighted by atomic mass is 9.73. The maximum absolute atomic E-state index is 3.88. The highest BCUT2D eigenvalue weighted by molar-refractivity contribution is 5.67. The molecule has 4 aliphatic rings. The molecular formula is C45H48N2. The summed E-state index contributed by atoms with van der Waals surface area (Å²) in [6, 6.07) is 20.0. The summed E-state index contributed by atoms with van der Waals surface area (Å²) in [6.45, 7) is 15.0. The Morgan fingerprint density at radius 1 is 0.851 bits per heavy atom. The largest absolute Gasteiger partial charge is 0.327 e. The standard InChI is InChI=1S/C45H48N2/c1-7-9-13-38(8-2)46(40-24-16-32(3)17-25-40)45-29-23-36-21-22-37-31-43(36)42(45)27-18-33(4)19-28-44(37)47(39-14-11-10-12-15-39)41-26-20-34(5)35(6)30-41/h7-8,10-12,14-18,20-22,24-27,30-31,34-36,45H,1,19,23,28-29H2,2-6H3/b33-18+,38-8+,42-27?,44-37+. The van der Waals surface area contributed by atoms with E-state index >= 15 is 0 Å². The number of allylic oxidation sites excluding steroid dienone is 14. The van der Waals surface area contributed by atoms with Gasteiger partial charge in [-0.25, -0.2) is 0 Å². The number of para-hydroxylation sites is 1. The molecule has 47 heavy (non-hydrogen) atoms. The molecule has 0 aliphatic heterocycles. The maximum Gasteiger partial charge on any atom is 0.0889 e. The molecular weight excluding hydrogens is 569 g/mol. The number of benzene rings is 2. The number of fused-ring (bicyclic) bond motifs is 1. The van der Waals surface area contributed by atoms with E-state index in [1.165, 1.54) is 50.6 Å². The van der Waals surface area contributed by atoms with Gasteiger partial charge in [0.1, 0.15) is 0 Å². The Kier molecular flexibility index (Phi) is 9.84. The lowest BCUT2D eigenvalue weighted by Gasteiger charge is -2.42. The Morgan fingerprint density at radius 2 is 1.64 bits per heavy atom. The van der Waals surface area contributed by atoms with Gasteiger partial charge in [-0.1, -0.05) is 110 Å². The molecule has 2 bridgehead atoms. The van der Waals surface area contributed by atoms with E-state index in [0.29, 0.717) is 17.8 Å². The second-order valence-electron chi connectivity index (χ2n) is 13.4. The van der Waals surface area contributed by atoms with Crippen LogP contribution >= 0.6 is 0 Å². The van der Waals surface area contributed by atoms with Gasteiger partial charge in [-0.3, -0.25) is 0 Å². The van der Waals surface area contributed by atoms with Crippen LogP contribution in [0, 0.1) is 36.5 Å². The summed E-state index contributed by atoms with van der Waals surface area (Å²) in [6.07, 6.45) is 27.3. The first-order valence-electron chi connectivity index (χ1n) is 17.3. The van der Waals surface area contributed by atoms with Crippen molar-refractivity contribution in [3.63, 3.8) is 0 Å². The normalized spacial score (nSPS) is 26.4. The fourth-order valence-corrected chi connectivity index (χ4v) is 7.23. The molecule has 2 nitrogen and oxygen atoms in total. The number of aryl methyl sites for hydroxylation is 1. The number of hydrogen-bond acceptors (Lipinski definition) is 2. The summed E-state index contributed by atoms with van der Waals surface area (Å²) in [4.78, 5) is 4.99. The monoisotopic (exact) mass is 616 g/mol. The number of nitrogens with zero attached hydrogens (tertiary/aromatic N) is 2. The van der Waals surface area contributed by atoms with Crippen molar-refractivity contribution >= 4 is 11.4 Å². The van der Waals surface area contributed by atoms with Crippen molar-refractivity contribution in [2.75, 3.05) is 9.80 Å². The molecule has 0 heterocycles. The second kappa shape index (κ2) is 14.4. The molecule has 0 radical (unpaired) electrons. The quantitative estimate of drug-likeness (QED) is 0.298. The Balaban J connectivity index is 1.52. The minimum Gasteiger partial charge on any atom is -0.327 e. The molecule has 4 atom stereocenters. The van der Waals surface area contributed by atoms with Crippen molar-refractivity contribution in [2.45, 2.75) is 66.3 Å². The van der Waals surface area contributed by atoms with E-state index in [1.54, 1.807) is 6.08 Å². The SMILES string of the molecule is C=CC#C/C(=C\C)N(c1ccc(C)cc1)C1CCC2C=C/C3=C(\N(C4=CC(C)C(C)C=C4)c4ccccc4)CC/C(C)=C/C=C1C2=C3. The van der Waals surface area contributed by atoms with Crippen LogP contribution in [0.5, 0.6) is 0 Å². The van der Waals surface area contributed by atoms with Crippen molar-refractivity contribution in [3.05, 3.63) is 167 Å². The minimum atomic E-state index is 0.154. The first-order chi connectivity index (χ1) is 22.9. The van der Waals surface area contributed by atoms with Gasteiger partial charge in [0.15, 0.2) is 0 Å². The summed E-state index contributed by atoms with van der Waals surface area (Å²) >= 11 is 0. The summed E-state index contributed by atoms with van der Waals surface area (Å²) in [7, 11) is 0. The topological polar surface area (TPSA) is 6.48 Å². The van der Waals surface area contributed by atoms with E-state index in [9.17, 15) is 0 Å². The van der Waals surface area contributed by atoms with Crippen LogP contribution in [-0.2, 0) is 0 Å². The van der Waals surface area contributed by atoms with Gasteiger partial charge in [0.05, 0.1) is 11.7 Å². The minimum absolute atomic E-state index is 0.154. The third-order valence-electron chi connectivity index (χ3n) is 10.1. The smallest absolute Gasteiger partial charge is 0.0889 e. The highest BCUT2D eigenvalue weighted by atomic mass is 15.2. The van der Waals surface area contributed by atoms with Gasteiger partial charge < -0.3 is 9.80 Å². The van der Waals surface area contributed by atoms with Crippen LogP contribution in [-0.4, -0.2) is 6.04 Å². The number of hydrogen-bond donors (Lipinski definition) is 0. The van der Waals surface area contributed by atoms with Crippen LogP contribution in [0.3, 0.4) is 0 Å². The van der Waals surface area contributed by atoms with E-state index in [-0.39, 0.29) is 6.04 Å². The zero-order chi connectivity index (χ0) is 32.9. The lowest BCUT2D eigenvalue weighted by molar-refractivity contribution is 0.516. The van der Waals surface area contributed by atoms with Crippen molar-refractivity contribution in [3.8, 4) is 11.8 Å². The predicted molar refractivity (Wildman–Crippen MR) is 202 cm³/mol. The van der Waals surface area contributed by atoms with Crippen LogP contribution in [0.2, 0.25) is 0 Å². The molecule has 2 aromatic carbocycles. The molecule has 238 valence electrons. The number of anilines is 2. The van der Waals surface area contributed by atoms with Gasteiger partial charge in [0, 0.05) is 28.7 Å². The first kappa shape index (κ1) is 32.2. The molecule has 1 fully saturated rings. The number of rotatable bonds is 6. The van der Waals surface area contributed by atoms with Crippen LogP contribution in [0.4, 0.5) is 11.4 Å². The Hall–Kier alpha value is -4.74. The van der Waals surface area contributed by atoms with Gasteiger partial charge in [-0.2, -0.15) is 0 Å². The Labute approximate surface area is 283 Å². The maximum atomic E-state index is 3.88. The fourth-order valence-electron chi connectivity index (χ4n) is 7.23. The van der Waals surface area contributed by atoms with Crippen molar-refractivity contribution in [1.29, 1.82) is 0 Å². The fraction of sp³-hybridized carbons (Fsp3) is 0.289. The molecule has 0 aromatic heterocycles. The summed E-state index contributed by atoms with van der Waals surface area (Å²) in [5.41, 5.74) is 12.8. The van der Waals surface area contributed by atoms with Gasteiger partial charge in [-0.15, -0.1) is 0 Å². The van der Waals surface area contributed by atoms with Crippen molar-refractivity contribution in [2.24, 2.45) is 17.8 Å². The van der Waals surface area contributed by atoms with Gasteiger partial charge in [-0.05, 0) is 123 Å². The first-order valence-corrected chi connectivity index (χ1v) is 17.3. The van der Waals surface area contributed by atoms with E-state index in [1.807, 2.05) is 0 Å². The molecule has 6 rings (SSSR count). The summed E-state index contributed by atoms with van der Waals surface area (Å²) in [5, 5.41) is 0. The van der Waals surface area contributed by atoms with E-state index < -0.39 is 0 Å². The zero-order valence-corrected chi connectivity index (χ0v) is 28.7. The third-order valence-corrected chi connectivity index (χ3v) is 10.1. The lowest BCUT2D eigenvalue weighted by Crippen LogP contribution is -2.40. The van der Waals surface area contributed by atoms with Crippen LogP contribution in [0.15, 0.2) is 161 Å². The van der Waals surface area contributed by atoms with E-state index in [2.05, 4.69) is 172 Å². The highest BCUT2D eigenvalue weighted by Gasteiger charge is 2.36. The zero-order valence-electron chi connectivity index (χ0n) is 28.7. The van der Waals surface area contributed by atoms with Crippen LogP contribution < -0.4 is 9.80 Å². The summed E-state index contributed by atoms with van der Waals surface area (Å²) in [5.74, 6) is 7.95. The molecule has 0 amide bonds. The predicted octanol–water partition coefficient (Wildman–Crippen LogP) is 11.3. The van der Waals surface area contributed by atoms with E-state index in [0.717, 1.165) is 31.4 Å². The Morgan fingerprint density at radius 3 is 2.36 bits per heavy atom. The average Bonchev–Trinajstić information content (AvgIpc) is 3.09. The third kappa shape index (κ3) is 6.86. The van der Waals surface area contributed by atoms with Gasteiger partial charge in [0.25, 0.3) is 0 Å². The highest BCUT2D eigenvalue weighted by Crippen LogP contribution is 2.45. The Bertz CT molecular complexity index is 1810. The van der Waals surface area contributed by atoms with Gasteiger partial charge >= 0.3 is 0 Å². The molecule has 4 unspecified atom stereocenters. The average molecular weight is 617 g/mol. The molecule has 0 spiro atoms. The molecule has 0 saturated heterocycles. The van der Waals surface area contributed by atoms with Crippen molar-refractivity contribution < 1.29 is 0 Å². The molecule has 4 aliphatic carbocycles. The molecule has 2 heteroatoms.